The van der Waals surface area contributed by atoms with E-state index >= 15 is 0 Å². The van der Waals surface area contributed by atoms with Crippen LogP contribution in [0.15, 0.2) is 71.5 Å². The number of anilines is 1. The second kappa shape index (κ2) is 14.5. The molecule has 3 aromatic carbocycles. The van der Waals surface area contributed by atoms with Crippen LogP contribution in [0.5, 0.6) is 11.5 Å². The molecule has 8 nitrogen and oxygen atoms in total. The van der Waals surface area contributed by atoms with Crippen LogP contribution in [0, 0.1) is 3.57 Å². The highest BCUT2D eigenvalue weighted by Gasteiger charge is 2.17. The number of rotatable bonds is 11. The normalized spacial score (nSPS) is 11.3. The Morgan fingerprint density at radius 1 is 1.00 bits per heavy atom. The van der Waals surface area contributed by atoms with Crippen LogP contribution >= 0.6 is 34.2 Å². The standard InChI is InChI=1S/C29H30ClIN4O4/c1-5-35(6-2)21-13-11-19(12-14-21)16-25(33-28(36)22-9-7-8-10-23(22)30)29(37)34-32-18-20-15-24(31)27(39-4)26(17-20)38-3/h7-18H,5-6H2,1-4H3,(H,33,36)(H,34,37)/b25-16+,32-18+. The number of hydrogen-bond donors (Lipinski definition) is 2. The minimum Gasteiger partial charge on any atom is -0.493 e. The molecule has 0 radical (unpaired) electrons. The van der Waals surface area contributed by atoms with Gasteiger partial charge < -0.3 is 19.7 Å². The van der Waals surface area contributed by atoms with E-state index in [1.54, 1.807) is 50.6 Å². The molecule has 10 heteroatoms. The Bertz CT molecular complexity index is 1370. The minimum absolute atomic E-state index is 0.00884. The summed E-state index contributed by atoms with van der Waals surface area (Å²) in [6.07, 6.45) is 3.07. The van der Waals surface area contributed by atoms with Crippen LogP contribution in [-0.2, 0) is 4.79 Å². The van der Waals surface area contributed by atoms with Crippen molar-refractivity contribution in [2.24, 2.45) is 5.10 Å². The van der Waals surface area contributed by atoms with Gasteiger partial charge in [-0.05, 0) is 90.0 Å². The van der Waals surface area contributed by atoms with E-state index in [1.165, 1.54) is 6.21 Å². The highest BCUT2D eigenvalue weighted by atomic mass is 127. The summed E-state index contributed by atoms with van der Waals surface area (Å²) in [5, 5.41) is 7.04. The number of amides is 2. The van der Waals surface area contributed by atoms with Crippen molar-refractivity contribution in [2.75, 3.05) is 32.2 Å². The van der Waals surface area contributed by atoms with Crippen molar-refractivity contribution >= 4 is 64.0 Å². The quantitative estimate of drug-likeness (QED) is 0.119. The Morgan fingerprint density at radius 2 is 1.69 bits per heavy atom. The van der Waals surface area contributed by atoms with Crippen LogP contribution in [0.25, 0.3) is 6.08 Å². The first-order valence-corrected chi connectivity index (χ1v) is 13.6. The summed E-state index contributed by atoms with van der Waals surface area (Å²) in [5.74, 6) is 0.0339. The number of hydrazone groups is 1. The van der Waals surface area contributed by atoms with E-state index in [0.717, 1.165) is 27.9 Å². The van der Waals surface area contributed by atoms with Crippen LogP contribution in [0.4, 0.5) is 5.69 Å². The molecule has 3 rings (SSSR count). The smallest absolute Gasteiger partial charge is 0.287 e. The molecule has 0 atom stereocenters. The Morgan fingerprint density at radius 3 is 2.31 bits per heavy atom. The molecule has 204 valence electrons. The Labute approximate surface area is 247 Å². The van der Waals surface area contributed by atoms with Crippen LogP contribution < -0.4 is 25.1 Å². The third-order valence-corrected chi connectivity index (χ3v) is 6.91. The molecule has 0 heterocycles. The summed E-state index contributed by atoms with van der Waals surface area (Å²) in [6, 6.07) is 17.9. The van der Waals surface area contributed by atoms with Crippen molar-refractivity contribution < 1.29 is 19.1 Å². The molecular formula is C29H30ClIN4O4. The van der Waals surface area contributed by atoms with Gasteiger partial charge in [0, 0.05) is 18.8 Å². The maximum atomic E-state index is 13.2. The zero-order chi connectivity index (χ0) is 28.4. The summed E-state index contributed by atoms with van der Waals surface area (Å²) in [7, 11) is 3.11. The zero-order valence-electron chi connectivity index (χ0n) is 22.1. The molecule has 0 saturated carbocycles. The lowest BCUT2D eigenvalue weighted by atomic mass is 10.1. The van der Waals surface area contributed by atoms with Gasteiger partial charge in [0.2, 0.25) is 0 Å². The third-order valence-electron chi connectivity index (χ3n) is 5.78. The van der Waals surface area contributed by atoms with E-state index in [2.05, 4.69) is 57.2 Å². The number of nitrogens with zero attached hydrogens (tertiary/aromatic N) is 2. The van der Waals surface area contributed by atoms with Gasteiger partial charge in [-0.1, -0.05) is 35.9 Å². The molecule has 2 N–H and O–H groups in total. The summed E-state index contributed by atoms with van der Waals surface area (Å²) >= 11 is 8.33. The minimum atomic E-state index is -0.602. The fourth-order valence-electron chi connectivity index (χ4n) is 3.77. The number of carbonyl (C=O) groups excluding carboxylic acids is 2. The third kappa shape index (κ3) is 7.96. The van der Waals surface area contributed by atoms with Crippen molar-refractivity contribution in [3.8, 4) is 11.5 Å². The predicted molar refractivity (Wildman–Crippen MR) is 165 cm³/mol. The molecular weight excluding hydrogens is 631 g/mol. The molecule has 0 saturated heterocycles. The van der Waals surface area contributed by atoms with Gasteiger partial charge in [0.15, 0.2) is 11.5 Å². The molecule has 39 heavy (non-hydrogen) atoms. The lowest BCUT2D eigenvalue weighted by Crippen LogP contribution is -2.33. The Balaban J connectivity index is 1.87. The number of benzene rings is 3. The van der Waals surface area contributed by atoms with Gasteiger partial charge in [0.1, 0.15) is 5.70 Å². The monoisotopic (exact) mass is 660 g/mol. The first kappa shape index (κ1) is 30.0. The lowest BCUT2D eigenvalue weighted by Gasteiger charge is -2.21. The zero-order valence-corrected chi connectivity index (χ0v) is 25.0. The van der Waals surface area contributed by atoms with Gasteiger partial charge in [-0.2, -0.15) is 5.10 Å². The largest absolute Gasteiger partial charge is 0.493 e. The van der Waals surface area contributed by atoms with E-state index in [9.17, 15) is 9.59 Å². The molecule has 3 aromatic rings. The van der Waals surface area contributed by atoms with Gasteiger partial charge in [0.05, 0.1) is 34.6 Å². The van der Waals surface area contributed by atoms with Crippen LogP contribution in [-0.4, -0.2) is 45.3 Å². The molecule has 0 bridgehead atoms. The van der Waals surface area contributed by atoms with E-state index in [0.29, 0.717) is 17.1 Å². The maximum Gasteiger partial charge on any atom is 0.287 e. The maximum absolute atomic E-state index is 13.2. The topological polar surface area (TPSA) is 92.3 Å². The Hall–Kier alpha value is -3.57. The summed E-state index contributed by atoms with van der Waals surface area (Å²) in [5.41, 5.74) is 5.23. The number of hydrogen-bond acceptors (Lipinski definition) is 6. The van der Waals surface area contributed by atoms with Crippen molar-refractivity contribution in [1.82, 2.24) is 10.7 Å². The van der Waals surface area contributed by atoms with Crippen molar-refractivity contribution in [2.45, 2.75) is 13.8 Å². The van der Waals surface area contributed by atoms with Crippen molar-refractivity contribution in [1.29, 1.82) is 0 Å². The first-order chi connectivity index (χ1) is 18.8. The molecule has 0 unspecified atom stereocenters. The Kier molecular flexibility index (Phi) is 11.2. The predicted octanol–water partition coefficient (Wildman–Crippen LogP) is 5.73. The number of halogens is 2. The summed E-state index contributed by atoms with van der Waals surface area (Å²) < 4.78 is 11.6. The van der Waals surface area contributed by atoms with Gasteiger partial charge in [-0.3, -0.25) is 9.59 Å². The average molecular weight is 661 g/mol. The lowest BCUT2D eigenvalue weighted by molar-refractivity contribution is -0.117. The fourth-order valence-corrected chi connectivity index (χ4v) is 4.84. The van der Waals surface area contributed by atoms with Crippen LogP contribution in [0.2, 0.25) is 5.02 Å². The number of carbonyl (C=O) groups is 2. The molecule has 0 aromatic heterocycles. The molecule has 0 spiro atoms. The van der Waals surface area contributed by atoms with Crippen LogP contribution in [0.1, 0.15) is 35.3 Å². The van der Waals surface area contributed by atoms with E-state index in [1.807, 2.05) is 30.3 Å². The van der Waals surface area contributed by atoms with Gasteiger partial charge >= 0.3 is 0 Å². The van der Waals surface area contributed by atoms with Crippen molar-refractivity contribution in [3.05, 3.63) is 91.6 Å². The molecule has 0 fully saturated rings. The molecule has 0 aliphatic rings. The highest BCUT2D eigenvalue weighted by Crippen LogP contribution is 2.33. The van der Waals surface area contributed by atoms with Gasteiger partial charge in [-0.15, -0.1) is 0 Å². The number of methoxy groups -OCH3 is 2. The SMILES string of the molecule is CCN(CC)c1ccc(/C=C(/NC(=O)c2ccccc2Cl)C(=O)N/N=C/c2cc(I)c(OC)c(OC)c2)cc1. The fraction of sp³-hybridized carbons (Fsp3) is 0.207. The second-order valence-electron chi connectivity index (χ2n) is 8.19. The molecule has 2 amide bonds. The first-order valence-electron chi connectivity index (χ1n) is 12.2. The van der Waals surface area contributed by atoms with Crippen molar-refractivity contribution in [3.63, 3.8) is 0 Å². The van der Waals surface area contributed by atoms with E-state index in [4.69, 9.17) is 21.1 Å². The second-order valence-corrected chi connectivity index (χ2v) is 9.76. The summed E-state index contributed by atoms with van der Waals surface area (Å²) in [4.78, 5) is 28.3. The molecule has 0 aliphatic heterocycles. The van der Waals surface area contributed by atoms with E-state index < -0.39 is 11.8 Å². The summed E-state index contributed by atoms with van der Waals surface area (Å²) in [6.45, 7) is 5.94. The van der Waals surface area contributed by atoms with Gasteiger partial charge in [-0.25, -0.2) is 5.43 Å². The highest BCUT2D eigenvalue weighted by molar-refractivity contribution is 14.1. The number of ether oxygens (including phenoxy) is 2. The van der Waals surface area contributed by atoms with E-state index in [-0.39, 0.29) is 16.3 Å². The molecule has 0 aliphatic carbocycles. The number of nitrogens with one attached hydrogen (secondary N) is 2. The van der Waals surface area contributed by atoms with Gasteiger partial charge in [0.25, 0.3) is 11.8 Å². The van der Waals surface area contributed by atoms with Crippen LogP contribution in [0.3, 0.4) is 0 Å². The average Bonchev–Trinajstić information content (AvgIpc) is 2.94.